The molecule has 7 heteroatoms. The zero-order valence-electron chi connectivity index (χ0n) is 15.7. The highest BCUT2D eigenvalue weighted by Gasteiger charge is 2.16. The summed E-state index contributed by atoms with van der Waals surface area (Å²) in [7, 11) is 0. The zero-order chi connectivity index (χ0) is 19.6. The Morgan fingerprint density at radius 3 is 2.72 bits per heavy atom. The largest absolute Gasteiger partial charge is 0.348 e. The van der Waals surface area contributed by atoms with E-state index >= 15 is 0 Å². The van der Waals surface area contributed by atoms with Gasteiger partial charge in [0.1, 0.15) is 0 Å². The molecule has 4 aromatic rings. The van der Waals surface area contributed by atoms with Crippen molar-refractivity contribution in [3.8, 4) is 0 Å². The first-order valence-electron chi connectivity index (χ1n) is 9.61. The number of amides is 1. The number of carbonyl (C=O) groups is 1. The van der Waals surface area contributed by atoms with Crippen LogP contribution < -0.4 is 10.2 Å². The third-order valence-electron chi connectivity index (χ3n) is 4.89. The molecular formula is C22H19N5OS. The van der Waals surface area contributed by atoms with E-state index in [2.05, 4.69) is 20.2 Å². The van der Waals surface area contributed by atoms with Gasteiger partial charge in [-0.3, -0.25) is 9.78 Å². The fraction of sp³-hybridized carbons (Fsp3) is 0.182. The molecule has 0 atom stereocenters. The number of hydrogen-bond donors (Lipinski definition) is 1. The summed E-state index contributed by atoms with van der Waals surface area (Å²) >= 11 is 1.67. The van der Waals surface area contributed by atoms with Crippen molar-refractivity contribution in [1.29, 1.82) is 0 Å². The smallest absolute Gasteiger partial charge is 0.248 e. The van der Waals surface area contributed by atoms with Crippen molar-refractivity contribution < 1.29 is 4.79 Å². The van der Waals surface area contributed by atoms with Gasteiger partial charge in [0, 0.05) is 24.9 Å². The molecule has 29 heavy (non-hydrogen) atoms. The van der Waals surface area contributed by atoms with Gasteiger partial charge < -0.3 is 10.2 Å². The lowest BCUT2D eigenvalue weighted by Crippen LogP contribution is -2.16. The summed E-state index contributed by atoms with van der Waals surface area (Å²) in [6.45, 7) is 2.15. The zero-order valence-corrected chi connectivity index (χ0v) is 16.5. The number of fused-ring (bicyclic) bond motifs is 2. The highest BCUT2D eigenvalue weighted by molar-refractivity contribution is 7.22. The maximum atomic E-state index is 12.3. The molecule has 2 aromatic heterocycles. The third-order valence-corrected chi connectivity index (χ3v) is 5.97. The fourth-order valence-corrected chi connectivity index (χ4v) is 4.49. The monoisotopic (exact) mass is 401 g/mol. The molecule has 3 heterocycles. The molecule has 0 radical (unpaired) electrons. The van der Waals surface area contributed by atoms with E-state index in [4.69, 9.17) is 4.98 Å². The molecule has 0 saturated carbocycles. The quantitative estimate of drug-likeness (QED) is 0.510. The third kappa shape index (κ3) is 3.82. The molecule has 0 aliphatic carbocycles. The normalized spacial score (nSPS) is 14.3. The Hall–Kier alpha value is -3.32. The predicted octanol–water partition coefficient (Wildman–Crippen LogP) is 4.49. The summed E-state index contributed by atoms with van der Waals surface area (Å²) in [5.74, 6) is -0.205. The minimum Gasteiger partial charge on any atom is -0.348 e. The molecule has 1 aliphatic heterocycles. The lowest BCUT2D eigenvalue weighted by molar-refractivity contribution is -0.111. The summed E-state index contributed by atoms with van der Waals surface area (Å²) in [5, 5.41) is 3.98. The second kappa shape index (κ2) is 7.60. The summed E-state index contributed by atoms with van der Waals surface area (Å²) < 4.78 is 1.08. The molecule has 0 spiro atoms. The SMILES string of the molecule is O=C(/C=C/c1cnc2ccccc2n1)Nc1ccc2nc(N3CCCC3)sc2c1. The maximum absolute atomic E-state index is 12.3. The van der Waals surface area contributed by atoms with E-state index in [0.29, 0.717) is 5.69 Å². The Kier molecular flexibility index (Phi) is 4.65. The number of para-hydroxylation sites is 2. The van der Waals surface area contributed by atoms with E-state index in [1.807, 2.05) is 42.5 Å². The van der Waals surface area contributed by atoms with E-state index in [1.165, 1.54) is 18.9 Å². The van der Waals surface area contributed by atoms with Crippen molar-refractivity contribution in [2.75, 3.05) is 23.3 Å². The van der Waals surface area contributed by atoms with E-state index in [9.17, 15) is 4.79 Å². The molecular weight excluding hydrogens is 382 g/mol. The van der Waals surface area contributed by atoms with Gasteiger partial charge in [-0.15, -0.1) is 0 Å². The number of aromatic nitrogens is 3. The van der Waals surface area contributed by atoms with Crippen LogP contribution in [0, 0.1) is 0 Å². The van der Waals surface area contributed by atoms with Gasteiger partial charge in [-0.2, -0.15) is 0 Å². The minimum absolute atomic E-state index is 0.205. The van der Waals surface area contributed by atoms with Crippen molar-refractivity contribution in [3.05, 3.63) is 60.4 Å². The van der Waals surface area contributed by atoms with Crippen molar-refractivity contribution >= 4 is 55.4 Å². The molecule has 1 amide bonds. The van der Waals surface area contributed by atoms with Crippen LogP contribution in [0.2, 0.25) is 0 Å². The first-order valence-corrected chi connectivity index (χ1v) is 10.4. The van der Waals surface area contributed by atoms with Gasteiger partial charge in [0.2, 0.25) is 5.91 Å². The average molecular weight is 401 g/mol. The van der Waals surface area contributed by atoms with E-state index < -0.39 is 0 Å². The van der Waals surface area contributed by atoms with Crippen molar-refractivity contribution in [1.82, 2.24) is 15.0 Å². The Morgan fingerprint density at radius 2 is 1.86 bits per heavy atom. The summed E-state index contributed by atoms with van der Waals surface area (Å²) in [6.07, 6.45) is 7.27. The molecule has 1 N–H and O–H groups in total. The lowest BCUT2D eigenvalue weighted by atomic mass is 10.2. The second-order valence-corrected chi connectivity index (χ2v) is 7.99. The van der Waals surface area contributed by atoms with Crippen LogP contribution in [0.15, 0.2) is 54.7 Å². The number of carbonyl (C=O) groups excluding carboxylic acids is 1. The maximum Gasteiger partial charge on any atom is 0.248 e. The Labute approximate surface area is 171 Å². The molecule has 1 aliphatic rings. The molecule has 1 saturated heterocycles. The van der Waals surface area contributed by atoms with Gasteiger partial charge in [0.15, 0.2) is 5.13 Å². The Bertz CT molecular complexity index is 1230. The average Bonchev–Trinajstić information content (AvgIpc) is 3.41. The van der Waals surface area contributed by atoms with E-state index in [1.54, 1.807) is 23.6 Å². The summed E-state index contributed by atoms with van der Waals surface area (Å²) in [4.78, 5) is 28.2. The van der Waals surface area contributed by atoms with Crippen LogP contribution in [0.25, 0.3) is 27.3 Å². The van der Waals surface area contributed by atoms with Gasteiger partial charge in [-0.1, -0.05) is 23.5 Å². The number of nitrogens with zero attached hydrogens (tertiary/aromatic N) is 4. The van der Waals surface area contributed by atoms with Crippen LogP contribution in [-0.2, 0) is 4.79 Å². The van der Waals surface area contributed by atoms with Gasteiger partial charge in [0.25, 0.3) is 0 Å². The number of anilines is 2. The Morgan fingerprint density at radius 1 is 1.03 bits per heavy atom. The molecule has 0 bridgehead atoms. The van der Waals surface area contributed by atoms with Crippen LogP contribution in [0.1, 0.15) is 18.5 Å². The molecule has 2 aromatic carbocycles. The topological polar surface area (TPSA) is 71.0 Å². The highest BCUT2D eigenvalue weighted by Crippen LogP contribution is 2.32. The van der Waals surface area contributed by atoms with Crippen LogP contribution in [0.3, 0.4) is 0 Å². The van der Waals surface area contributed by atoms with Gasteiger partial charge in [-0.05, 0) is 49.2 Å². The highest BCUT2D eigenvalue weighted by atomic mass is 32.1. The first-order chi connectivity index (χ1) is 14.2. The molecule has 1 fully saturated rings. The van der Waals surface area contributed by atoms with Crippen molar-refractivity contribution in [3.63, 3.8) is 0 Å². The van der Waals surface area contributed by atoms with E-state index in [-0.39, 0.29) is 5.91 Å². The number of thiazole rings is 1. The summed E-state index contributed by atoms with van der Waals surface area (Å²) in [5.41, 5.74) is 4.01. The lowest BCUT2D eigenvalue weighted by Gasteiger charge is -2.11. The number of nitrogens with one attached hydrogen (secondary N) is 1. The first kappa shape index (κ1) is 17.8. The molecule has 6 nitrogen and oxygen atoms in total. The van der Waals surface area contributed by atoms with Crippen LogP contribution in [0.5, 0.6) is 0 Å². The number of rotatable bonds is 4. The minimum atomic E-state index is -0.205. The molecule has 5 rings (SSSR count). The van der Waals surface area contributed by atoms with Gasteiger partial charge in [0.05, 0.1) is 33.1 Å². The second-order valence-electron chi connectivity index (χ2n) is 6.98. The van der Waals surface area contributed by atoms with Crippen LogP contribution >= 0.6 is 11.3 Å². The fourth-order valence-electron chi connectivity index (χ4n) is 3.43. The molecule has 144 valence electrons. The van der Waals surface area contributed by atoms with Crippen LogP contribution in [0.4, 0.5) is 10.8 Å². The van der Waals surface area contributed by atoms with E-state index in [0.717, 1.165) is 45.2 Å². The molecule has 0 unspecified atom stereocenters. The van der Waals surface area contributed by atoms with Crippen molar-refractivity contribution in [2.45, 2.75) is 12.8 Å². The predicted molar refractivity (Wildman–Crippen MR) is 118 cm³/mol. The van der Waals surface area contributed by atoms with Gasteiger partial charge in [-0.25, -0.2) is 9.97 Å². The number of hydrogen-bond acceptors (Lipinski definition) is 6. The standard InChI is InChI=1S/C22H19N5OS/c28-21(10-8-16-14-23-17-5-1-2-6-18(17)24-16)25-15-7-9-19-20(13-15)29-22(26-19)27-11-3-4-12-27/h1-2,5-10,13-14H,3-4,11-12H2,(H,25,28)/b10-8+. The Balaban J connectivity index is 1.30. The number of benzene rings is 2. The van der Waals surface area contributed by atoms with Crippen LogP contribution in [-0.4, -0.2) is 33.9 Å². The van der Waals surface area contributed by atoms with Crippen molar-refractivity contribution in [2.24, 2.45) is 0 Å². The summed E-state index contributed by atoms with van der Waals surface area (Å²) in [6, 6.07) is 13.5. The van der Waals surface area contributed by atoms with Gasteiger partial charge >= 0.3 is 0 Å².